The van der Waals surface area contributed by atoms with Crippen LogP contribution in [0.15, 0.2) is 30.3 Å². The summed E-state index contributed by atoms with van der Waals surface area (Å²) in [7, 11) is 7.88. The minimum atomic E-state index is -0.751. The highest BCUT2D eigenvalue weighted by Gasteiger charge is 2.21. The van der Waals surface area contributed by atoms with Gasteiger partial charge < -0.3 is 28.8 Å². The van der Waals surface area contributed by atoms with Crippen molar-refractivity contribution in [1.29, 1.82) is 0 Å². The Labute approximate surface area is 154 Å². The van der Waals surface area contributed by atoms with E-state index in [1.165, 1.54) is 0 Å². The monoisotopic (exact) mass is 362 g/mol. The number of aliphatic hydroxyl groups excluding tert-OH is 1. The smallest absolute Gasteiger partial charge is 0.160 e. The largest absolute Gasteiger partial charge is 0.496 e. The molecular formula is C20H26O6. The number of ether oxygens (including phenoxy) is 5. The van der Waals surface area contributed by atoms with E-state index in [0.29, 0.717) is 47.2 Å². The lowest BCUT2D eigenvalue weighted by Crippen LogP contribution is -2.06. The predicted octanol–water partition coefficient (Wildman–Crippen LogP) is 3.40. The molecule has 1 unspecified atom stereocenters. The van der Waals surface area contributed by atoms with Crippen LogP contribution in [0.1, 0.15) is 23.7 Å². The second-order valence-corrected chi connectivity index (χ2v) is 5.69. The Bertz CT molecular complexity index is 703. The predicted molar refractivity (Wildman–Crippen MR) is 98.9 cm³/mol. The minimum Gasteiger partial charge on any atom is -0.496 e. The molecule has 0 aromatic heterocycles. The molecule has 2 rings (SSSR count). The molecule has 1 N–H and O–H groups in total. The fourth-order valence-corrected chi connectivity index (χ4v) is 2.84. The van der Waals surface area contributed by atoms with E-state index in [2.05, 4.69) is 0 Å². The van der Waals surface area contributed by atoms with Gasteiger partial charge in [0, 0.05) is 12.1 Å². The van der Waals surface area contributed by atoms with Gasteiger partial charge in [-0.15, -0.1) is 0 Å². The summed E-state index contributed by atoms with van der Waals surface area (Å²) in [6.45, 7) is 0. The van der Waals surface area contributed by atoms with Crippen LogP contribution in [0.2, 0.25) is 0 Å². The van der Waals surface area contributed by atoms with Gasteiger partial charge in [-0.25, -0.2) is 0 Å². The third-order valence-electron chi connectivity index (χ3n) is 4.24. The molecule has 0 aliphatic heterocycles. The molecule has 1 atom stereocenters. The fraction of sp³-hybridized carbons (Fsp3) is 0.400. The van der Waals surface area contributed by atoms with Crippen molar-refractivity contribution in [2.75, 3.05) is 35.5 Å². The highest BCUT2D eigenvalue weighted by Crippen LogP contribution is 2.40. The molecule has 0 aliphatic carbocycles. The summed E-state index contributed by atoms with van der Waals surface area (Å²) in [5.74, 6) is 3.01. The van der Waals surface area contributed by atoms with E-state index in [1.54, 1.807) is 47.7 Å². The lowest BCUT2D eigenvalue weighted by atomic mass is 9.99. The van der Waals surface area contributed by atoms with Crippen molar-refractivity contribution < 1.29 is 28.8 Å². The van der Waals surface area contributed by atoms with Crippen molar-refractivity contribution in [2.45, 2.75) is 18.9 Å². The van der Waals surface area contributed by atoms with E-state index in [-0.39, 0.29) is 0 Å². The van der Waals surface area contributed by atoms with Crippen LogP contribution < -0.4 is 23.7 Å². The third-order valence-corrected chi connectivity index (χ3v) is 4.24. The number of rotatable bonds is 9. The number of aliphatic hydroxyl groups is 1. The van der Waals surface area contributed by atoms with E-state index in [9.17, 15) is 5.11 Å². The number of aryl methyl sites for hydroxylation is 1. The molecule has 6 nitrogen and oxygen atoms in total. The molecule has 0 bridgehead atoms. The van der Waals surface area contributed by atoms with Gasteiger partial charge in [-0.3, -0.25) is 0 Å². The van der Waals surface area contributed by atoms with E-state index in [0.717, 1.165) is 5.56 Å². The molecule has 0 saturated carbocycles. The van der Waals surface area contributed by atoms with Gasteiger partial charge in [0.1, 0.15) is 17.2 Å². The molecule has 2 aromatic rings. The van der Waals surface area contributed by atoms with Crippen molar-refractivity contribution in [2.24, 2.45) is 0 Å². The Hall–Kier alpha value is -2.60. The Morgan fingerprint density at radius 2 is 1.31 bits per heavy atom. The van der Waals surface area contributed by atoms with Crippen molar-refractivity contribution in [3.8, 4) is 28.7 Å². The highest BCUT2D eigenvalue weighted by atomic mass is 16.5. The number of benzene rings is 2. The second-order valence-electron chi connectivity index (χ2n) is 5.69. The number of methoxy groups -OCH3 is 5. The second kappa shape index (κ2) is 9.20. The summed E-state index contributed by atoms with van der Waals surface area (Å²) in [4.78, 5) is 0. The van der Waals surface area contributed by atoms with E-state index < -0.39 is 6.10 Å². The van der Waals surface area contributed by atoms with Gasteiger partial charge in [0.05, 0.1) is 47.2 Å². The highest BCUT2D eigenvalue weighted by molar-refractivity contribution is 5.52. The molecule has 6 heteroatoms. The first kappa shape index (κ1) is 19.7. The topological polar surface area (TPSA) is 66.4 Å². The average molecular weight is 362 g/mol. The lowest BCUT2D eigenvalue weighted by molar-refractivity contribution is 0.159. The van der Waals surface area contributed by atoms with Crippen molar-refractivity contribution in [1.82, 2.24) is 0 Å². The first-order valence-electron chi connectivity index (χ1n) is 8.26. The third kappa shape index (κ3) is 4.32. The van der Waals surface area contributed by atoms with Crippen LogP contribution in [0.5, 0.6) is 28.7 Å². The molecule has 2 aromatic carbocycles. The van der Waals surface area contributed by atoms with Gasteiger partial charge in [0.25, 0.3) is 0 Å². The zero-order valence-electron chi connectivity index (χ0n) is 15.9. The molecule has 0 heterocycles. The first-order chi connectivity index (χ1) is 12.6. The molecule has 0 fully saturated rings. The Kier molecular flexibility index (Phi) is 6.97. The van der Waals surface area contributed by atoms with Gasteiger partial charge in [0.2, 0.25) is 0 Å². The fourth-order valence-electron chi connectivity index (χ4n) is 2.84. The minimum absolute atomic E-state index is 0.495. The van der Waals surface area contributed by atoms with Crippen LogP contribution in [-0.2, 0) is 6.42 Å². The quantitative estimate of drug-likeness (QED) is 0.738. The van der Waals surface area contributed by atoms with Crippen molar-refractivity contribution in [3.63, 3.8) is 0 Å². The molecule has 0 spiro atoms. The van der Waals surface area contributed by atoms with Crippen molar-refractivity contribution in [3.05, 3.63) is 41.5 Å². The molecule has 0 aliphatic rings. The van der Waals surface area contributed by atoms with E-state index in [1.807, 2.05) is 18.2 Å². The Balaban J connectivity index is 2.21. The maximum atomic E-state index is 10.7. The zero-order valence-corrected chi connectivity index (χ0v) is 15.9. The summed E-state index contributed by atoms with van der Waals surface area (Å²) < 4.78 is 26.6. The summed E-state index contributed by atoms with van der Waals surface area (Å²) in [5.41, 5.74) is 1.64. The maximum Gasteiger partial charge on any atom is 0.160 e. The molecule has 26 heavy (non-hydrogen) atoms. The van der Waals surface area contributed by atoms with Crippen LogP contribution in [0, 0.1) is 0 Å². The van der Waals surface area contributed by atoms with Gasteiger partial charge in [-0.05, 0) is 30.5 Å². The van der Waals surface area contributed by atoms with Crippen LogP contribution in [0.4, 0.5) is 0 Å². The lowest BCUT2D eigenvalue weighted by Gasteiger charge is -2.19. The maximum absolute atomic E-state index is 10.7. The number of hydrogen-bond acceptors (Lipinski definition) is 6. The Morgan fingerprint density at radius 1 is 0.731 bits per heavy atom. The summed E-state index contributed by atoms with van der Waals surface area (Å²) >= 11 is 0. The molecule has 142 valence electrons. The summed E-state index contributed by atoms with van der Waals surface area (Å²) in [6, 6.07) is 9.19. The average Bonchev–Trinajstić information content (AvgIpc) is 2.70. The molecule has 0 radical (unpaired) electrons. The normalized spacial score (nSPS) is 11.6. The SMILES string of the molecule is COc1cc(OC)c(C(O)CCc2ccc(OC)c(OC)c2)c(OC)c1. The standard InChI is InChI=1S/C20H26O6/c1-22-14-11-18(25-4)20(19(12-14)26-5)15(21)8-6-13-7-9-16(23-2)17(10-13)24-3/h7,9-12,15,21H,6,8H2,1-5H3. The van der Waals surface area contributed by atoms with Crippen LogP contribution in [0.25, 0.3) is 0 Å². The molecular weight excluding hydrogens is 336 g/mol. The van der Waals surface area contributed by atoms with Gasteiger partial charge in [-0.2, -0.15) is 0 Å². The van der Waals surface area contributed by atoms with Crippen LogP contribution in [0.3, 0.4) is 0 Å². The molecule has 0 saturated heterocycles. The number of hydrogen-bond donors (Lipinski definition) is 1. The zero-order chi connectivity index (χ0) is 19.1. The van der Waals surface area contributed by atoms with E-state index >= 15 is 0 Å². The van der Waals surface area contributed by atoms with Crippen LogP contribution in [-0.4, -0.2) is 40.7 Å². The van der Waals surface area contributed by atoms with Gasteiger partial charge in [-0.1, -0.05) is 6.07 Å². The summed E-state index contributed by atoms with van der Waals surface area (Å²) in [5, 5.41) is 10.7. The van der Waals surface area contributed by atoms with Crippen LogP contribution >= 0.6 is 0 Å². The summed E-state index contributed by atoms with van der Waals surface area (Å²) in [6.07, 6.45) is 0.396. The Morgan fingerprint density at radius 3 is 1.81 bits per heavy atom. The van der Waals surface area contributed by atoms with E-state index in [4.69, 9.17) is 23.7 Å². The van der Waals surface area contributed by atoms with Gasteiger partial charge in [0.15, 0.2) is 11.5 Å². The molecule has 0 amide bonds. The first-order valence-corrected chi connectivity index (χ1v) is 8.26. The van der Waals surface area contributed by atoms with Crippen molar-refractivity contribution >= 4 is 0 Å². The van der Waals surface area contributed by atoms with Gasteiger partial charge >= 0.3 is 0 Å².